The third kappa shape index (κ3) is 6.20. The Hall–Kier alpha value is -3.08. The molecule has 0 saturated carbocycles. The van der Waals surface area contributed by atoms with Crippen molar-refractivity contribution >= 4 is 11.9 Å². The Morgan fingerprint density at radius 3 is 1.81 bits per heavy atom. The molecular formula is C26H32O5. The number of rotatable bonds is 6. The van der Waals surface area contributed by atoms with Crippen molar-refractivity contribution < 1.29 is 24.2 Å². The van der Waals surface area contributed by atoms with Crippen LogP contribution in [0.15, 0.2) is 49.1 Å². The third-order valence-electron chi connectivity index (χ3n) is 4.85. The summed E-state index contributed by atoms with van der Waals surface area (Å²) in [6.07, 6.45) is 1.51. The maximum atomic E-state index is 12.8. The second-order valence-electron chi connectivity index (χ2n) is 9.58. The van der Waals surface area contributed by atoms with Crippen LogP contribution >= 0.6 is 0 Å². The van der Waals surface area contributed by atoms with E-state index >= 15 is 0 Å². The number of hydrogen-bond acceptors (Lipinski definition) is 5. The van der Waals surface area contributed by atoms with Crippen LogP contribution < -0.4 is 0 Å². The molecule has 0 atom stereocenters. The normalized spacial score (nSPS) is 11.7. The van der Waals surface area contributed by atoms with Crippen molar-refractivity contribution in [3.63, 3.8) is 0 Å². The van der Waals surface area contributed by atoms with Crippen LogP contribution in [0.4, 0.5) is 0 Å². The Labute approximate surface area is 184 Å². The van der Waals surface area contributed by atoms with E-state index < -0.39 is 11.9 Å². The van der Waals surface area contributed by atoms with E-state index in [0.717, 1.165) is 5.56 Å². The van der Waals surface area contributed by atoms with Crippen molar-refractivity contribution in [1.29, 1.82) is 0 Å². The number of carbonyl (C=O) groups is 2. The fourth-order valence-corrected chi connectivity index (χ4v) is 3.08. The molecule has 5 nitrogen and oxygen atoms in total. The molecule has 0 bridgehead atoms. The average molecular weight is 425 g/mol. The number of esters is 2. The second kappa shape index (κ2) is 9.38. The van der Waals surface area contributed by atoms with Gasteiger partial charge in [0.15, 0.2) is 0 Å². The lowest BCUT2D eigenvalue weighted by molar-refractivity contribution is 0.0470. The molecule has 31 heavy (non-hydrogen) atoms. The first-order valence-electron chi connectivity index (χ1n) is 10.3. The van der Waals surface area contributed by atoms with Gasteiger partial charge in [0.1, 0.15) is 19.0 Å². The van der Waals surface area contributed by atoms with Crippen LogP contribution in [0, 0.1) is 0 Å². The van der Waals surface area contributed by atoms with E-state index in [2.05, 4.69) is 6.58 Å². The maximum Gasteiger partial charge on any atom is 0.338 e. The molecule has 0 saturated heterocycles. The Bertz CT molecular complexity index is 922. The van der Waals surface area contributed by atoms with Gasteiger partial charge in [-0.3, -0.25) is 0 Å². The Morgan fingerprint density at radius 1 is 0.871 bits per heavy atom. The molecule has 0 spiro atoms. The average Bonchev–Trinajstić information content (AvgIpc) is 2.69. The lowest BCUT2D eigenvalue weighted by atomic mass is 9.78. The third-order valence-corrected chi connectivity index (χ3v) is 4.85. The summed E-state index contributed by atoms with van der Waals surface area (Å²) in [5.74, 6) is -0.682. The highest BCUT2D eigenvalue weighted by molar-refractivity contribution is 5.91. The van der Waals surface area contributed by atoms with Gasteiger partial charge in [-0.05, 0) is 40.7 Å². The summed E-state index contributed by atoms with van der Waals surface area (Å²) in [6.45, 7) is 15.7. The number of phenolic OH excluding ortho intramolecular Hbond substituents is 1. The molecule has 0 amide bonds. The highest BCUT2D eigenvalue weighted by Crippen LogP contribution is 2.39. The van der Waals surface area contributed by atoms with Gasteiger partial charge in [-0.25, -0.2) is 9.59 Å². The minimum absolute atomic E-state index is 0.0669. The van der Waals surface area contributed by atoms with E-state index in [9.17, 15) is 14.7 Å². The first-order chi connectivity index (χ1) is 14.3. The van der Waals surface area contributed by atoms with Gasteiger partial charge >= 0.3 is 11.9 Å². The number of aromatic hydroxyl groups is 1. The number of hydrogen-bond donors (Lipinski definition) is 1. The Kier molecular flexibility index (Phi) is 7.32. The summed E-state index contributed by atoms with van der Waals surface area (Å²) in [4.78, 5) is 24.6. The van der Waals surface area contributed by atoms with Crippen molar-refractivity contribution in [2.45, 2.75) is 59.0 Å². The van der Waals surface area contributed by atoms with E-state index in [1.165, 1.54) is 6.08 Å². The molecule has 2 aromatic carbocycles. The summed E-state index contributed by atoms with van der Waals surface area (Å²) in [7, 11) is 0. The summed E-state index contributed by atoms with van der Waals surface area (Å²) in [5.41, 5.74) is 2.30. The van der Waals surface area contributed by atoms with Gasteiger partial charge in [0, 0.05) is 11.1 Å². The molecule has 5 heteroatoms. The summed E-state index contributed by atoms with van der Waals surface area (Å²) < 4.78 is 10.5. The molecule has 1 N–H and O–H groups in total. The van der Waals surface area contributed by atoms with Crippen molar-refractivity contribution in [1.82, 2.24) is 0 Å². The SMILES string of the molecule is C=CCOC(=O)c1ccc(COC(=O)c2cc(C(C)(C)C)c(O)c(C(C)(C)C)c2)cc1. The summed E-state index contributed by atoms with van der Waals surface area (Å²) in [6, 6.07) is 10.1. The molecule has 166 valence electrons. The van der Waals surface area contributed by atoms with E-state index in [-0.39, 0.29) is 29.8 Å². The van der Waals surface area contributed by atoms with E-state index in [1.54, 1.807) is 36.4 Å². The van der Waals surface area contributed by atoms with Crippen molar-refractivity contribution in [3.8, 4) is 5.75 Å². The molecule has 0 aliphatic rings. The van der Waals surface area contributed by atoms with E-state index in [0.29, 0.717) is 22.3 Å². The van der Waals surface area contributed by atoms with Crippen LogP contribution in [0.2, 0.25) is 0 Å². The van der Waals surface area contributed by atoms with Gasteiger partial charge in [-0.2, -0.15) is 0 Å². The van der Waals surface area contributed by atoms with E-state index in [1.807, 2.05) is 41.5 Å². The zero-order valence-electron chi connectivity index (χ0n) is 19.2. The lowest BCUT2D eigenvalue weighted by Crippen LogP contribution is -2.19. The van der Waals surface area contributed by atoms with E-state index in [4.69, 9.17) is 9.47 Å². The summed E-state index contributed by atoms with van der Waals surface area (Å²) in [5, 5.41) is 10.8. The Morgan fingerprint density at radius 2 is 1.35 bits per heavy atom. The van der Waals surface area contributed by atoms with Gasteiger partial charge in [-0.15, -0.1) is 0 Å². The van der Waals surface area contributed by atoms with Crippen molar-refractivity contribution in [2.75, 3.05) is 6.61 Å². The van der Waals surface area contributed by atoms with Gasteiger partial charge in [0.05, 0.1) is 11.1 Å². The number of ether oxygens (including phenoxy) is 2. The molecule has 0 aliphatic carbocycles. The van der Waals surface area contributed by atoms with Gasteiger partial charge < -0.3 is 14.6 Å². The van der Waals surface area contributed by atoms with Crippen molar-refractivity contribution in [3.05, 3.63) is 76.9 Å². The molecule has 2 aromatic rings. The zero-order chi connectivity index (χ0) is 23.4. The predicted octanol–water partition coefficient (Wildman–Crippen LogP) is 5.69. The van der Waals surface area contributed by atoms with Crippen LogP contribution in [-0.2, 0) is 26.9 Å². The fraction of sp³-hybridized carbons (Fsp3) is 0.385. The van der Waals surface area contributed by atoms with Gasteiger partial charge in [-0.1, -0.05) is 66.3 Å². The molecule has 2 rings (SSSR count). The number of carbonyl (C=O) groups excluding carboxylic acids is 2. The van der Waals surface area contributed by atoms with Crippen LogP contribution in [0.5, 0.6) is 5.75 Å². The fourth-order valence-electron chi connectivity index (χ4n) is 3.08. The topological polar surface area (TPSA) is 72.8 Å². The minimum Gasteiger partial charge on any atom is -0.507 e. The molecule has 0 heterocycles. The first kappa shape index (κ1) is 24.2. The lowest BCUT2D eigenvalue weighted by Gasteiger charge is -2.28. The maximum absolute atomic E-state index is 12.8. The quantitative estimate of drug-likeness (QED) is 0.477. The smallest absolute Gasteiger partial charge is 0.338 e. The van der Waals surface area contributed by atoms with Crippen molar-refractivity contribution in [2.24, 2.45) is 0 Å². The molecule has 0 fully saturated rings. The van der Waals surface area contributed by atoms with Crippen LogP contribution in [0.3, 0.4) is 0 Å². The number of benzene rings is 2. The minimum atomic E-state index is -0.467. The monoisotopic (exact) mass is 424 g/mol. The highest BCUT2D eigenvalue weighted by Gasteiger charge is 2.28. The largest absolute Gasteiger partial charge is 0.507 e. The summed E-state index contributed by atoms with van der Waals surface area (Å²) >= 11 is 0. The molecule has 0 aromatic heterocycles. The standard InChI is InChI=1S/C26H32O5/c1-8-13-30-23(28)18-11-9-17(10-12-18)16-31-24(29)19-14-20(25(2,3)4)22(27)21(15-19)26(5,6)7/h8-12,14-15,27H,1,13,16H2,2-7H3. The second-order valence-corrected chi connectivity index (χ2v) is 9.58. The van der Waals surface area contributed by atoms with Crippen LogP contribution in [0.25, 0.3) is 0 Å². The van der Waals surface area contributed by atoms with Gasteiger partial charge in [0.25, 0.3) is 0 Å². The molecule has 0 aliphatic heterocycles. The van der Waals surface area contributed by atoms with Crippen LogP contribution in [0.1, 0.15) is 78.9 Å². The highest BCUT2D eigenvalue weighted by atomic mass is 16.5. The Balaban J connectivity index is 2.20. The van der Waals surface area contributed by atoms with Gasteiger partial charge in [0.2, 0.25) is 0 Å². The van der Waals surface area contributed by atoms with Crippen LogP contribution in [-0.4, -0.2) is 23.7 Å². The number of phenols is 1. The first-order valence-corrected chi connectivity index (χ1v) is 10.3. The molecular weight excluding hydrogens is 392 g/mol. The molecule has 0 unspecified atom stereocenters. The predicted molar refractivity (Wildman–Crippen MR) is 122 cm³/mol. The molecule has 0 radical (unpaired) electrons. The zero-order valence-corrected chi connectivity index (χ0v) is 19.2.